The third-order valence-electron chi connectivity index (χ3n) is 3.04. The predicted molar refractivity (Wildman–Crippen MR) is 91.1 cm³/mol. The average Bonchev–Trinajstić information content (AvgIpc) is 2.87. The Balaban J connectivity index is 2.03. The van der Waals surface area contributed by atoms with E-state index in [1.807, 2.05) is 32.9 Å². The third-order valence-corrected chi connectivity index (χ3v) is 4.34. The van der Waals surface area contributed by atoms with E-state index in [9.17, 15) is 9.59 Å². The summed E-state index contributed by atoms with van der Waals surface area (Å²) in [4.78, 5) is 28.2. The highest BCUT2D eigenvalue weighted by Gasteiger charge is 2.13. The monoisotopic (exact) mass is 332 g/mol. The van der Waals surface area contributed by atoms with E-state index >= 15 is 0 Å². The lowest BCUT2D eigenvalue weighted by molar-refractivity contribution is -0.123. The number of carbonyl (C=O) groups excluding carboxylic acids is 2. The molecule has 0 saturated carbocycles. The number of aromatic nitrogens is 1. The predicted octanol–water partition coefficient (Wildman–Crippen LogP) is 3.22. The molecule has 1 aromatic carbocycles. The van der Waals surface area contributed by atoms with Crippen molar-refractivity contribution in [2.75, 3.05) is 6.61 Å². The zero-order valence-electron chi connectivity index (χ0n) is 13.7. The molecule has 5 nitrogen and oxygen atoms in total. The van der Waals surface area contributed by atoms with E-state index in [0.717, 1.165) is 16.3 Å². The molecule has 1 heterocycles. The smallest absolute Gasteiger partial charge is 0.258 e. The fourth-order valence-corrected chi connectivity index (χ4v) is 3.02. The van der Waals surface area contributed by atoms with Gasteiger partial charge >= 0.3 is 0 Å². The zero-order valence-corrected chi connectivity index (χ0v) is 14.5. The van der Waals surface area contributed by atoms with Crippen molar-refractivity contribution in [1.29, 1.82) is 0 Å². The number of benzene rings is 1. The van der Waals surface area contributed by atoms with Gasteiger partial charge in [0.2, 0.25) is 0 Å². The minimum atomic E-state index is -0.147. The molecule has 1 aromatic heterocycles. The van der Waals surface area contributed by atoms with Gasteiger partial charge in [0.05, 0.1) is 10.6 Å². The van der Waals surface area contributed by atoms with Gasteiger partial charge in [-0.05, 0) is 45.0 Å². The molecule has 1 N–H and O–H groups in total. The van der Waals surface area contributed by atoms with Gasteiger partial charge in [0.15, 0.2) is 12.4 Å². The largest absolute Gasteiger partial charge is 0.484 e. The van der Waals surface area contributed by atoms with E-state index in [-0.39, 0.29) is 24.3 Å². The number of nitrogens with zero attached hydrogens (tertiary/aromatic N) is 1. The highest BCUT2D eigenvalue weighted by Crippen LogP contribution is 2.29. The summed E-state index contributed by atoms with van der Waals surface area (Å²) in [5.74, 6) is 0.501. The van der Waals surface area contributed by atoms with Gasteiger partial charge in [0.25, 0.3) is 5.91 Å². The molecule has 2 rings (SSSR count). The molecule has 0 bridgehead atoms. The molecule has 0 aliphatic rings. The molecule has 0 unspecified atom stereocenters. The summed E-state index contributed by atoms with van der Waals surface area (Å²) in [5, 5.41) is 3.57. The van der Waals surface area contributed by atoms with Crippen molar-refractivity contribution in [3.63, 3.8) is 0 Å². The van der Waals surface area contributed by atoms with Gasteiger partial charge in [0.1, 0.15) is 10.8 Å². The standard InChI is InChI=1S/C17H20N2O3S/c1-10(2)18-15(21)9-22-14-7-5-13(6-8-14)17-19-11(3)16(23-17)12(4)20/h5-8,10H,9H2,1-4H3,(H,18,21). The van der Waals surface area contributed by atoms with Crippen LogP contribution in [0, 0.1) is 6.92 Å². The van der Waals surface area contributed by atoms with Crippen molar-refractivity contribution >= 4 is 23.0 Å². The lowest BCUT2D eigenvalue weighted by Gasteiger charge is -2.09. The molecule has 2 aromatic rings. The van der Waals surface area contributed by atoms with Gasteiger partial charge in [-0.2, -0.15) is 0 Å². The van der Waals surface area contributed by atoms with Crippen LogP contribution in [0.3, 0.4) is 0 Å². The normalized spacial score (nSPS) is 10.7. The fraction of sp³-hybridized carbons (Fsp3) is 0.353. The van der Waals surface area contributed by atoms with E-state index in [1.54, 1.807) is 19.1 Å². The van der Waals surface area contributed by atoms with Crippen LogP contribution in [-0.4, -0.2) is 29.3 Å². The van der Waals surface area contributed by atoms with E-state index in [4.69, 9.17) is 4.74 Å². The Morgan fingerprint density at radius 3 is 2.43 bits per heavy atom. The van der Waals surface area contributed by atoms with E-state index in [0.29, 0.717) is 10.6 Å². The Morgan fingerprint density at radius 1 is 1.26 bits per heavy atom. The Morgan fingerprint density at radius 2 is 1.91 bits per heavy atom. The van der Waals surface area contributed by atoms with Crippen LogP contribution in [0.1, 0.15) is 36.1 Å². The highest BCUT2D eigenvalue weighted by atomic mass is 32.1. The lowest BCUT2D eigenvalue weighted by Crippen LogP contribution is -2.34. The number of hydrogen-bond acceptors (Lipinski definition) is 5. The van der Waals surface area contributed by atoms with E-state index < -0.39 is 0 Å². The summed E-state index contributed by atoms with van der Waals surface area (Å²) in [5.41, 5.74) is 1.67. The van der Waals surface area contributed by atoms with Crippen molar-refractivity contribution in [3.05, 3.63) is 34.8 Å². The van der Waals surface area contributed by atoms with Crippen molar-refractivity contribution in [1.82, 2.24) is 10.3 Å². The number of hydrogen-bond donors (Lipinski definition) is 1. The van der Waals surface area contributed by atoms with Crippen LogP contribution in [0.2, 0.25) is 0 Å². The molecule has 0 aliphatic carbocycles. The number of thiazole rings is 1. The van der Waals surface area contributed by atoms with E-state index in [1.165, 1.54) is 11.3 Å². The summed E-state index contributed by atoms with van der Waals surface area (Å²) < 4.78 is 5.44. The SMILES string of the molecule is CC(=O)c1sc(-c2ccc(OCC(=O)NC(C)C)cc2)nc1C. The van der Waals surface area contributed by atoms with Gasteiger partial charge in [-0.1, -0.05) is 0 Å². The van der Waals surface area contributed by atoms with E-state index in [2.05, 4.69) is 10.3 Å². The molecule has 122 valence electrons. The minimum Gasteiger partial charge on any atom is -0.484 e. The van der Waals surface area contributed by atoms with Gasteiger partial charge in [-0.25, -0.2) is 4.98 Å². The molecule has 6 heteroatoms. The first-order valence-electron chi connectivity index (χ1n) is 7.37. The van der Waals surface area contributed by atoms with Crippen molar-refractivity contribution in [3.8, 4) is 16.3 Å². The molecule has 0 radical (unpaired) electrons. The molecule has 1 amide bonds. The summed E-state index contributed by atoms with van der Waals surface area (Å²) >= 11 is 1.39. The molecule has 0 atom stereocenters. The minimum absolute atomic E-state index is 0.0115. The number of aryl methyl sites for hydroxylation is 1. The Labute approximate surface area is 139 Å². The summed E-state index contributed by atoms with van der Waals surface area (Å²) in [6.45, 7) is 7.17. The molecule has 23 heavy (non-hydrogen) atoms. The van der Waals surface area contributed by atoms with Crippen molar-refractivity contribution in [2.45, 2.75) is 33.7 Å². The fourth-order valence-electron chi connectivity index (χ4n) is 2.05. The van der Waals surface area contributed by atoms with Gasteiger partial charge in [0, 0.05) is 18.5 Å². The second kappa shape index (κ2) is 7.37. The molecular weight excluding hydrogens is 312 g/mol. The Hall–Kier alpha value is -2.21. The molecule has 0 aliphatic heterocycles. The molecular formula is C17H20N2O3S. The molecule has 0 spiro atoms. The maximum Gasteiger partial charge on any atom is 0.258 e. The first-order chi connectivity index (χ1) is 10.9. The number of rotatable bonds is 6. The van der Waals surface area contributed by atoms with Crippen LogP contribution in [0.5, 0.6) is 5.75 Å². The second-order valence-electron chi connectivity index (χ2n) is 5.53. The maximum atomic E-state index is 11.5. The topological polar surface area (TPSA) is 68.3 Å². The number of nitrogens with one attached hydrogen (secondary N) is 1. The highest BCUT2D eigenvalue weighted by molar-refractivity contribution is 7.17. The number of ether oxygens (including phenoxy) is 1. The quantitative estimate of drug-likeness (QED) is 0.825. The van der Waals surface area contributed by atoms with Gasteiger partial charge < -0.3 is 10.1 Å². The lowest BCUT2D eigenvalue weighted by atomic mass is 10.2. The van der Waals surface area contributed by atoms with Gasteiger partial charge in [-0.15, -0.1) is 11.3 Å². The number of amides is 1. The molecule has 0 saturated heterocycles. The first-order valence-corrected chi connectivity index (χ1v) is 8.19. The summed E-state index contributed by atoms with van der Waals surface area (Å²) in [6, 6.07) is 7.43. The Kier molecular flexibility index (Phi) is 5.50. The Bertz CT molecular complexity index is 705. The zero-order chi connectivity index (χ0) is 17.0. The van der Waals surface area contributed by atoms with Crippen molar-refractivity contribution in [2.24, 2.45) is 0 Å². The number of Topliss-reactive ketones (excluding diaryl/α,β-unsaturated/α-hetero) is 1. The van der Waals surface area contributed by atoms with Gasteiger partial charge in [-0.3, -0.25) is 9.59 Å². The third kappa shape index (κ3) is 4.63. The number of carbonyl (C=O) groups is 2. The van der Waals surface area contributed by atoms with Crippen LogP contribution in [0.25, 0.3) is 10.6 Å². The van der Waals surface area contributed by atoms with Crippen LogP contribution >= 0.6 is 11.3 Å². The van der Waals surface area contributed by atoms with Crippen LogP contribution in [0.15, 0.2) is 24.3 Å². The summed E-state index contributed by atoms with van der Waals surface area (Å²) in [7, 11) is 0. The maximum absolute atomic E-state index is 11.5. The summed E-state index contributed by atoms with van der Waals surface area (Å²) in [6.07, 6.45) is 0. The van der Waals surface area contributed by atoms with Crippen LogP contribution in [0.4, 0.5) is 0 Å². The van der Waals surface area contributed by atoms with Crippen LogP contribution in [-0.2, 0) is 4.79 Å². The molecule has 0 fully saturated rings. The van der Waals surface area contributed by atoms with Crippen molar-refractivity contribution < 1.29 is 14.3 Å². The first kappa shape index (κ1) is 17.1. The van der Waals surface area contributed by atoms with Crippen LogP contribution < -0.4 is 10.1 Å². The second-order valence-corrected chi connectivity index (χ2v) is 6.52. The number of ketones is 1. The average molecular weight is 332 g/mol.